The number of aryl methyl sites for hydroxylation is 1. The van der Waals surface area contributed by atoms with Crippen LogP contribution in [-0.4, -0.2) is 9.55 Å². The molecule has 4 rings (SSSR count). The Bertz CT molecular complexity index is 1210. The molecular formula is C23H17IN2O. The minimum Gasteiger partial charge on any atom is -0.268 e. The molecule has 0 unspecified atom stereocenters. The molecule has 0 amide bonds. The van der Waals surface area contributed by atoms with Gasteiger partial charge in [0, 0.05) is 3.57 Å². The van der Waals surface area contributed by atoms with Crippen LogP contribution in [0.25, 0.3) is 28.7 Å². The molecule has 1 heterocycles. The van der Waals surface area contributed by atoms with Crippen LogP contribution in [-0.2, 0) is 0 Å². The third-order valence-electron chi connectivity index (χ3n) is 4.47. The number of rotatable bonds is 3. The minimum absolute atomic E-state index is 0.0610. The summed E-state index contributed by atoms with van der Waals surface area (Å²) in [6, 6.07) is 23.5. The summed E-state index contributed by atoms with van der Waals surface area (Å²) in [6.45, 7) is 2.07. The highest BCUT2D eigenvalue weighted by molar-refractivity contribution is 14.1. The standard InChI is InChI=1S/C23H17IN2O/c1-16-7-5-6-8-17(16)11-14-22-25-21-13-12-18(24)15-20(21)23(27)26(22)19-9-3-2-4-10-19/h2-15H,1H3. The Kier molecular flexibility index (Phi) is 4.90. The quantitative estimate of drug-likeness (QED) is 0.377. The van der Waals surface area contributed by atoms with Crippen molar-refractivity contribution in [2.75, 3.05) is 0 Å². The molecule has 0 saturated heterocycles. The Morgan fingerprint density at radius 3 is 2.44 bits per heavy atom. The third kappa shape index (κ3) is 3.57. The van der Waals surface area contributed by atoms with E-state index in [1.165, 1.54) is 5.56 Å². The average Bonchev–Trinajstić information content (AvgIpc) is 2.69. The normalized spacial score (nSPS) is 11.3. The second-order valence-corrected chi connectivity index (χ2v) is 7.54. The maximum atomic E-state index is 13.3. The van der Waals surface area contributed by atoms with Gasteiger partial charge in [-0.2, -0.15) is 0 Å². The number of halogens is 1. The molecule has 0 atom stereocenters. The molecule has 0 bridgehead atoms. The van der Waals surface area contributed by atoms with Crippen molar-refractivity contribution in [3.63, 3.8) is 0 Å². The molecular weight excluding hydrogens is 447 g/mol. The van der Waals surface area contributed by atoms with Crippen molar-refractivity contribution in [3.8, 4) is 5.69 Å². The van der Waals surface area contributed by atoms with Gasteiger partial charge in [0.25, 0.3) is 5.56 Å². The van der Waals surface area contributed by atoms with Gasteiger partial charge < -0.3 is 0 Å². The van der Waals surface area contributed by atoms with E-state index >= 15 is 0 Å². The van der Waals surface area contributed by atoms with Crippen LogP contribution in [0, 0.1) is 10.5 Å². The number of hydrogen-bond donors (Lipinski definition) is 0. The number of fused-ring (bicyclic) bond motifs is 1. The molecule has 0 aliphatic rings. The predicted octanol–water partition coefficient (Wildman–Crippen LogP) is 5.47. The Morgan fingerprint density at radius 2 is 1.67 bits per heavy atom. The summed E-state index contributed by atoms with van der Waals surface area (Å²) in [6.07, 6.45) is 3.92. The lowest BCUT2D eigenvalue weighted by Crippen LogP contribution is -2.22. The Labute approximate surface area is 171 Å². The largest absolute Gasteiger partial charge is 0.268 e. The Hall–Kier alpha value is -2.73. The summed E-state index contributed by atoms with van der Waals surface area (Å²) < 4.78 is 2.69. The SMILES string of the molecule is Cc1ccccc1C=Cc1nc2ccc(I)cc2c(=O)n1-c1ccccc1. The zero-order valence-corrected chi connectivity index (χ0v) is 16.9. The minimum atomic E-state index is -0.0610. The highest BCUT2D eigenvalue weighted by atomic mass is 127. The average molecular weight is 464 g/mol. The highest BCUT2D eigenvalue weighted by Gasteiger charge is 2.11. The first-order valence-corrected chi connectivity index (χ1v) is 9.73. The molecule has 4 heteroatoms. The second-order valence-electron chi connectivity index (χ2n) is 6.30. The smallest absolute Gasteiger partial charge is 0.266 e. The van der Waals surface area contributed by atoms with Crippen molar-refractivity contribution in [2.45, 2.75) is 6.92 Å². The van der Waals surface area contributed by atoms with Crippen LogP contribution in [0.15, 0.2) is 77.6 Å². The van der Waals surface area contributed by atoms with E-state index in [4.69, 9.17) is 4.98 Å². The number of para-hydroxylation sites is 1. The first kappa shape index (κ1) is 17.7. The van der Waals surface area contributed by atoms with Crippen LogP contribution in [0.5, 0.6) is 0 Å². The number of aromatic nitrogens is 2. The molecule has 3 aromatic carbocycles. The zero-order chi connectivity index (χ0) is 18.8. The van der Waals surface area contributed by atoms with E-state index < -0.39 is 0 Å². The van der Waals surface area contributed by atoms with Crippen molar-refractivity contribution in [3.05, 3.63) is 104 Å². The second kappa shape index (κ2) is 7.48. The van der Waals surface area contributed by atoms with E-state index in [2.05, 4.69) is 41.6 Å². The molecule has 0 N–H and O–H groups in total. The van der Waals surface area contributed by atoms with Crippen LogP contribution in [0.3, 0.4) is 0 Å². The lowest BCUT2D eigenvalue weighted by atomic mass is 10.1. The van der Waals surface area contributed by atoms with E-state index in [-0.39, 0.29) is 5.56 Å². The summed E-state index contributed by atoms with van der Waals surface area (Å²) in [4.78, 5) is 18.0. The van der Waals surface area contributed by atoms with Gasteiger partial charge in [0.05, 0.1) is 16.6 Å². The van der Waals surface area contributed by atoms with E-state index in [1.54, 1.807) is 4.57 Å². The van der Waals surface area contributed by atoms with E-state index in [0.717, 1.165) is 14.8 Å². The van der Waals surface area contributed by atoms with Gasteiger partial charge in [-0.25, -0.2) is 4.98 Å². The third-order valence-corrected chi connectivity index (χ3v) is 5.14. The van der Waals surface area contributed by atoms with Gasteiger partial charge in [0.2, 0.25) is 0 Å². The summed E-state index contributed by atoms with van der Waals surface area (Å²) in [5, 5.41) is 0.624. The first-order valence-electron chi connectivity index (χ1n) is 8.65. The van der Waals surface area contributed by atoms with Gasteiger partial charge in [-0.05, 0) is 77.0 Å². The predicted molar refractivity (Wildman–Crippen MR) is 120 cm³/mol. The summed E-state index contributed by atoms with van der Waals surface area (Å²) in [5.41, 5.74) is 3.73. The van der Waals surface area contributed by atoms with Crippen molar-refractivity contribution in [1.29, 1.82) is 0 Å². The topological polar surface area (TPSA) is 34.9 Å². The number of nitrogens with zero attached hydrogens (tertiary/aromatic N) is 2. The molecule has 27 heavy (non-hydrogen) atoms. The van der Waals surface area contributed by atoms with Gasteiger partial charge in [-0.15, -0.1) is 0 Å². The number of hydrogen-bond acceptors (Lipinski definition) is 2. The lowest BCUT2D eigenvalue weighted by Gasteiger charge is -2.11. The fraction of sp³-hybridized carbons (Fsp3) is 0.0435. The zero-order valence-electron chi connectivity index (χ0n) is 14.8. The molecule has 0 aliphatic carbocycles. The van der Waals surface area contributed by atoms with E-state index in [9.17, 15) is 4.79 Å². The highest BCUT2D eigenvalue weighted by Crippen LogP contribution is 2.18. The molecule has 132 valence electrons. The van der Waals surface area contributed by atoms with Crippen molar-refractivity contribution < 1.29 is 0 Å². The van der Waals surface area contributed by atoms with Gasteiger partial charge in [0.15, 0.2) is 0 Å². The van der Waals surface area contributed by atoms with Gasteiger partial charge in [-0.3, -0.25) is 9.36 Å². The molecule has 0 saturated carbocycles. The van der Waals surface area contributed by atoms with Crippen molar-refractivity contribution in [2.24, 2.45) is 0 Å². The first-order chi connectivity index (χ1) is 13.1. The fourth-order valence-electron chi connectivity index (χ4n) is 3.05. The molecule has 0 radical (unpaired) electrons. The molecule has 0 spiro atoms. The summed E-state index contributed by atoms with van der Waals surface area (Å²) >= 11 is 2.22. The molecule has 1 aromatic heterocycles. The molecule has 3 nitrogen and oxygen atoms in total. The van der Waals surface area contributed by atoms with E-state index in [1.807, 2.05) is 72.8 Å². The maximum Gasteiger partial charge on any atom is 0.266 e. The van der Waals surface area contributed by atoms with Crippen LogP contribution in [0.4, 0.5) is 0 Å². The Balaban J connectivity index is 1.97. The lowest BCUT2D eigenvalue weighted by molar-refractivity contribution is 0.944. The summed E-state index contributed by atoms with van der Waals surface area (Å²) in [5.74, 6) is 0.614. The van der Waals surface area contributed by atoms with Crippen LogP contribution >= 0.6 is 22.6 Å². The fourth-order valence-corrected chi connectivity index (χ4v) is 3.54. The maximum absolute atomic E-state index is 13.3. The summed E-state index contributed by atoms with van der Waals surface area (Å²) in [7, 11) is 0. The van der Waals surface area contributed by atoms with Crippen molar-refractivity contribution in [1.82, 2.24) is 9.55 Å². The monoisotopic (exact) mass is 464 g/mol. The molecule has 0 fully saturated rings. The molecule has 4 aromatic rings. The Morgan fingerprint density at radius 1 is 0.926 bits per heavy atom. The van der Waals surface area contributed by atoms with Crippen molar-refractivity contribution >= 4 is 45.6 Å². The van der Waals surface area contributed by atoms with Gasteiger partial charge >= 0.3 is 0 Å². The van der Waals surface area contributed by atoms with E-state index in [0.29, 0.717) is 16.7 Å². The van der Waals surface area contributed by atoms with Crippen LogP contribution < -0.4 is 5.56 Å². The molecule has 0 aliphatic heterocycles. The van der Waals surface area contributed by atoms with Gasteiger partial charge in [0.1, 0.15) is 5.82 Å². The van der Waals surface area contributed by atoms with Gasteiger partial charge in [-0.1, -0.05) is 48.5 Å². The number of benzene rings is 3. The van der Waals surface area contributed by atoms with Crippen LogP contribution in [0.2, 0.25) is 0 Å². The van der Waals surface area contributed by atoms with Crippen LogP contribution in [0.1, 0.15) is 17.0 Å².